The number of nitrogens with one attached hydrogen (secondary N) is 2. The van der Waals surface area contributed by atoms with Crippen LogP contribution in [0.5, 0.6) is 5.75 Å². The van der Waals surface area contributed by atoms with Crippen molar-refractivity contribution in [2.45, 2.75) is 6.54 Å². The second-order valence-electron chi connectivity index (χ2n) is 3.61. The fourth-order valence-electron chi connectivity index (χ4n) is 1.26. The Morgan fingerprint density at radius 1 is 1.28 bits per heavy atom. The first-order valence-electron chi connectivity index (χ1n) is 5.14. The van der Waals surface area contributed by atoms with Gasteiger partial charge in [-0.15, -0.1) is 0 Å². The summed E-state index contributed by atoms with van der Waals surface area (Å²) in [4.78, 5) is 0. The summed E-state index contributed by atoms with van der Waals surface area (Å²) in [6.07, 6.45) is 0. The molecule has 18 heavy (non-hydrogen) atoms. The van der Waals surface area contributed by atoms with E-state index in [1.165, 1.54) is 7.05 Å². The topological polar surface area (TPSA) is 78.4 Å². The Morgan fingerprint density at radius 2 is 1.83 bits per heavy atom. The second kappa shape index (κ2) is 6.85. The van der Waals surface area contributed by atoms with Crippen molar-refractivity contribution in [1.82, 2.24) is 10.0 Å². The van der Waals surface area contributed by atoms with Crippen LogP contribution in [0.25, 0.3) is 0 Å². The predicted molar refractivity (Wildman–Crippen MR) is 78.1 cm³/mol. The van der Waals surface area contributed by atoms with E-state index in [-0.39, 0.29) is 11.5 Å². The summed E-state index contributed by atoms with van der Waals surface area (Å²) in [5, 5.41) is 12.6. The molecular weight excluding hydrogens is 388 g/mol. The van der Waals surface area contributed by atoms with Crippen molar-refractivity contribution in [1.29, 1.82) is 0 Å². The SMILES string of the molecule is CNS(=O)(=O)CCNCc1cc(Br)c(O)c(Br)c1. The standard InChI is InChI=1S/C10H14Br2N2O3S/c1-13-18(16,17)3-2-14-6-7-4-8(11)10(15)9(12)5-7/h4-5,13-15H,2-3,6H2,1H3. The van der Waals surface area contributed by atoms with Gasteiger partial charge in [-0.2, -0.15) is 0 Å². The molecule has 0 aliphatic carbocycles. The number of rotatable bonds is 6. The van der Waals surface area contributed by atoms with Gasteiger partial charge in [-0.05, 0) is 56.6 Å². The zero-order valence-corrected chi connectivity index (χ0v) is 13.7. The molecule has 0 unspecified atom stereocenters. The number of halogens is 2. The first-order chi connectivity index (χ1) is 8.35. The quantitative estimate of drug-likeness (QED) is 0.632. The predicted octanol–water partition coefficient (Wildman–Crippen LogP) is 1.56. The molecule has 8 heteroatoms. The molecule has 0 fully saturated rings. The van der Waals surface area contributed by atoms with Crippen LogP contribution in [-0.4, -0.2) is 32.9 Å². The normalized spacial score (nSPS) is 11.7. The lowest BCUT2D eigenvalue weighted by Gasteiger charge is -2.08. The molecule has 0 radical (unpaired) electrons. The van der Waals surface area contributed by atoms with Gasteiger partial charge in [0.2, 0.25) is 10.0 Å². The highest BCUT2D eigenvalue weighted by molar-refractivity contribution is 9.11. The van der Waals surface area contributed by atoms with Gasteiger partial charge in [0.15, 0.2) is 0 Å². The molecule has 0 bridgehead atoms. The van der Waals surface area contributed by atoms with Crippen molar-refractivity contribution in [2.24, 2.45) is 0 Å². The summed E-state index contributed by atoms with van der Waals surface area (Å²) in [7, 11) is -1.78. The van der Waals surface area contributed by atoms with E-state index in [9.17, 15) is 13.5 Å². The van der Waals surface area contributed by atoms with Crippen molar-refractivity contribution in [3.63, 3.8) is 0 Å². The van der Waals surface area contributed by atoms with Gasteiger partial charge < -0.3 is 10.4 Å². The van der Waals surface area contributed by atoms with Crippen molar-refractivity contribution in [3.05, 3.63) is 26.6 Å². The third-order valence-electron chi connectivity index (χ3n) is 2.26. The molecule has 0 aliphatic heterocycles. The van der Waals surface area contributed by atoms with Crippen LogP contribution in [0.3, 0.4) is 0 Å². The minimum absolute atomic E-state index is 0.0317. The largest absolute Gasteiger partial charge is 0.506 e. The highest BCUT2D eigenvalue weighted by Gasteiger charge is 2.07. The van der Waals surface area contributed by atoms with Crippen LogP contribution in [0, 0.1) is 0 Å². The lowest BCUT2D eigenvalue weighted by atomic mass is 10.2. The summed E-state index contributed by atoms with van der Waals surface area (Å²) in [6, 6.07) is 3.55. The Morgan fingerprint density at radius 3 is 2.33 bits per heavy atom. The smallest absolute Gasteiger partial charge is 0.212 e. The van der Waals surface area contributed by atoms with Crippen LogP contribution in [0.1, 0.15) is 5.56 Å². The molecule has 0 heterocycles. The van der Waals surface area contributed by atoms with E-state index < -0.39 is 10.0 Å². The van der Waals surface area contributed by atoms with Gasteiger partial charge in [0.05, 0.1) is 14.7 Å². The molecule has 0 atom stereocenters. The fourth-order valence-corrected chi connectivity index (χ4v) is 3.16. The molecule has 3 N–H and O–H groups in total. The van der Waals surface area contributed by atoms with Crippen LogP contribution in [0.4, 0.5) is 0 Å². The number of hydrogen-bond acceptors (Lipinski definition) is 4. The van der Waals surface area contributed by atoms with Crippen molar-refractivity contribution < 1.29 is 13.5 Å². The van der Waals surface area contributed by atoms with Gasteiger partial charge in [-0.3, -0.25) is 0 Å². The van der Waals surface area contributed by atoms with Crippen LogP contribution in [-0.2, 0) is 16.6 Å². The average Bonchev–Trinajstić information content (AvgIpc) is 2.31. The molecule has 1 aromatic rings. The molecule has 0 amide bonds. The maximum atomic E-state index is 11.2. The summed E-state index contributed by atoms with van der Waals surface area (Å²) >= 11 is 6.47. The summed E-state index contributed by atoms with van der Waals surface area (Å²) in [5.74, 6) is 0.181. The molecule has 5 nitrogen and oxygen atoms in total. The Hall–Kier alpha value is -0.150. The van der Waals surface area contributed by atoms with Gasteiger partial charge in [0.1, 0.15) is 5.75 Å². The molecule has 0 spiro atoms. The molecule has 1 aromatic carbocycles. The van der Waals surface area contributed by atoms with Crippen molar-refractivity contribution >= 4 is 41.9 Å². The lowest BCUT2D eigenvalue weighted by Crippen LogP contribution is -2.29. The Kier molecular flexibility index (Phi) is 6.06. The third-order valence-corrected chi connectivity index (χ3v) is 4.84. The number of benzene rings is 1. The Bertz CT molecular complexity index is 497. The lowest BCUT2D eigenvalue weighted by molar-refractivity contribution is 0.468. The molecule has 0 aromatic heterocycles. The first-order valence-corrected chi connectivity index (χ1v) is 8.38. The number of phenolic OH excluding ortho intramolecular Hbond substituents is 1. The van der Waals surface area contributed by atoms with Crippen LogP contribution < -0.4 is 10.0 Å². The molecule has 0 aliphatic rings. The van der Waals surface area contributed by atoms with Crippen LogP contribution >= 0.6 is 31.9 Å². The van der Waals surface area contributed by atoms with Crippen molar-refractivity contribution in [3.8, 4) is 5.75 Å². The average molecular weight is 402 g/mol. The van der Waals surface area contributed by atoms with Gasteiger partial charge in [0.25, 0.3) is 0 Å². The van der Waals surface area contributed by atoms with E-state index in [2.05, 4.69) is 41.9 Å². The van der Waals surface area contributed by atoms with Crippen molar-refractivity contribution in [2.75, 3.05) is 19.3 Å². The first kappa shape index (κ1) is 15.9. The van der Waals surface area contributed by atoms with E-state index in [0.717, 1.165) is 5.56 Å². The second-order valence-corrected chi connectivity index (χ2v) is 7.36. The summed E-state index contributed by atoms with van der Waals surface area (Å²) in [6.45, 7) is 0.885. The van der Waals surface area contributed by atoms with E-state index in [1.54, 1.807) is 12.1 Å². The maximum absolute atomic E-state index is 11.2. The van der Waals surface area contributed by atoms with E-state index in [1.807, 2.05) is 0 Å². The molecule has 102 valence electrons. The van der Waals surface area contributed by atoms with Gasteiger partial charge in [-0.1, -0.05) is 0 Å². The van der Waals surface area contributed by atoms with Gasteiger partial charge in [-0.25, -0.2) is 13.1 Å². The Labute approximate surface area is 123 Å². The zero-order valence-electron chi connectivity index (χ0n) is 9.70. The molecule has 0 saturated heterocycles. The van der Waals surface area contributed by atoms with Gasteiger partial charge in [0, 0.05) is 13.1 Å². The van der Waals surface area contributed by atoms with E-state index in [0.29, 0.717) is 22.0 Å². The maximum Gasteiger partial charge on any atom is 0.212 e. The van der Waals surface area contributed by atoms with Crippen LogP contribution in [0.15, 0.2) is 21.1 Å². The highest BCUT2D eigenvalue weighted by atomic mass is 79.9. The Balaban J connectivity index is 2.50. The summed E-state index contributed by atoms with van der Waals surface area (Å²) < 4.78 is 25.8. The summed E-state index contributed by atoms with van der Waals surface area (Å²) in [5.41, 5.74) is 0.938. The van der Waals surface area contributed by atoms with E-state index >= 15 is 0 Å². The number of aromatic hydroxyl groups is 1. The fraction of sp³-hybridized carbons (Fsp3) is 0.400. The molecule has 1 rings (SSSR count). The molecular formula is C10H14Br2N2O3S. The highest BCUT2D eigenvalue weighted by Crippen LogP contribution is 2.33. The number of phenols is 1. The monoisotopic (exact) mass is 400 g/mol. The van der Waals surface area contributed by atoms with E-state index in [4.69, 9.17) is 0 Å². The third kappa shape index (κ3) is 4.85. The minimum atomic E-state index is -3.17. The van der Waals surface area contributed by atoms with Gasteiger partial charge >= 0.3 is 0 Å². The zero-order chi connectivity index (χ0) is 13.8. The molecule has 0 saturated carbocycles. The number of hydrogen-bond donors (Lipinski definition) is 3. The number of sulfonamides is 1. The van der Waals surface area contributed by atoms with Crippen LogP contribution in [0.2, 0.25) is 0 Å². The minimum Gasteiger partial charge on any atom is -0.506 e.